The lowest BCUT2D eigenvalue weighted by Crippen LogP contribution is -2.50. The SMILES string of the molecule is CC(C)(C)OC(=O)N1CCN(c2cc(NC3CC3)nc3cc(Cl)ccc23)CC1. The zero-order chi connectivity index (χ0) is 19.9. The summed E-state index contributed by atoms with van der Waals surface area (Å²) in [5, 5.41) is 5.26. The number of benzene rings is 1. The van der Waals surface area contributed by atoms with Crippen LogP contribution in [0.2, 0.25) is 5.02 Å². The zero-order valence-electron chi connectivity index (χ0n) is 16.7. The van der Waals surface area contributed by atoms with Crippen molar-refractivity contribution >= 4 is 40.1 Å². The lowest BCUT2D eigenvalue weighted by atomic mass is 10.1. The van der Waals surface area contributed by atoms with Crippen molar-refractivity contribution in [3.63, 3.8) is 0 Å². The minimum Gasteiger partial charge on any atom is -0.444 e. The van der Waals surface area contributed by atoms with E-state index < -0.39 is 5.60 Å². The average Bonchev–Trinajstić information content (AvgIpc) is 3.43. The van der Waals surface area contributed by atoms with Gasteiger partial charge in [0.1, 0.15) is 11.4 Å². The molecule has 0 bridgehead atoms. The maximum atomic E-state index is 12.3. The molecule has 1 saturated carbocycles. The molecular weight excluding hydrogens is 376 g/mol. The first kappa shape index (κ1) is 19.1. The van der Waals surface area contributed by atoms with E-state index in [9.17, 15) is 4.79 Å². The number of hydrogen-bond donors (Lipinski definition) is 1. The van der Waals surface area contributed by atoms with Crippen molar-refractivity contribution in [2.75, 3.05) is 36.4 Å². The molecule has 1 saturated heterocycles. The molecule has 1 aromatic heterocycles. The van der Waals surface area contributed by atoms with Crippen LogP contribution in [-0.2, 0) is 4.74 Å². The number of halogens is 1. The van der Waals surface area contributed by atoms with E-state index in [0.717, 1.165) is 35.5 Å². The lowest BCUT2D eigenvalue weighted by Gasteiger charge is -2.37. The van der Waals surface area contributed by atoms with Crippen LogP contribution < -0.4 is 10.2 Å². The number of anilines is 2. The van der Waals surface area contributed by atoms with Gasteiger partial charge < -0.3 is 19.9 Å². The maximum Gasteiger partial charge on any atom is 0.410 e. The number of pyridine rings is 1. The molecule has 7 heteroatoms. The lowest BCUT2D eigenvalue weighted by molar-refractivity contribution is 0.0240. The predicted octanol–water partition coefficient (Wildman–Crippen LogP) is 4.52. The first-order chi connectivity index (χ1) is 13.3. The number of fused-ring (bicyclic) bond motifs is 1. The fourth-order valence-electron chi connectivity index (χ4n) is 3.41. The summed E-state index contributed by atoms with van der Waals surface area (Å²) >= 11 is 6.20. The summed E-state index contributed by atoms with van der Waals surface area (Å²) in [6.45, 7) is 8.46. The van der Waals surface area contributed by atoms with E-state index in [2.05, 4.69) is 16.3 Å². The van der Waals surface area contributed by atoms with Crippen molar-refractivity contribution in [1.82, 2.24) is 9.88 Å². The molecule has 1 amide bonds. The molecule has 1 aliphatic heterocycles. The molecular formula is C21H27ClN4O2. The quantitative estimate of drug-likeness (QED) is 0.817. The number of carbonyl (C=O) groups is 1. The van der Waals surface area contributed by atoms with Crippen molar-refractivity contribution in [3.05, 3.63) is 29.3 Å². The molecule has 6 nitrogen and oxygen atoms in total. The number of nitrogens with one attached hydrogen (secondary N) is 1. The van der Waals surface area contributed by atoms with Crippen LogP contribution in [0.3, 0.4) is 0 Å². The Morgan fingerprint density at radius 3 is 2.54 bits per heavy atom. The Kier molecular flexibility index (Phi) is 5.00. The van der Waals surface area contributed by atoms with Crippen molar-refractivity contribution in [2.45, 2.75) is 45.3 Å². The van der Waals surface area contributed by atoms with Crippen LogP contribution in [-0.4, -0.2) is 53.8 Å². The smallest absolute Gasteiger partial charge is 0.410 e. The fourth-order valence-corrected chi connectivity index (χ4v) is 3.58. The van der Waals surface area contributed by atoms with Gasteiger partial charge in [-0.3, -0.25) is 0 Å². The molecule has 2 aliphatic rings. The first-order valence-corrected chi connectivity index (χ1v) is 10.3. The molecule has 2 aromatic rings. The number of carbonyl (C=O) groups excluding carboxylic acids is 1. The van der Waals surface area contributed by atoms with E-state index in [1.54, 1.807) is 4.90 Å². The maximum absolute atomic E-state index is 12.3. The molecule has 1 aliphatic carbocycles. The van der Waals surface area contributed by atoms with Gasteiger partial charge in [0, 0.05) is 54.4 Å². The second-order valence-electron chi connectivity index (χ2n) is 8.56. The summed E-state index contributed by atoms with van der Waals surface area (Å²) in [6, 6.07) is 8.50. The van der Waals surface area contributed by atoms with Gasteiger partial charge in [-0.1, -0.05) is 11.6 Å². The van der Waals surface area contributed by atoms with Crippen molar-refractivity contribution in [3.8, 4) is 0 Å². The van der Waals surface area contributed by atoms with Gasteiger partial charge in [-0.05, 0) is 51.8 Å². The van der Waals surface area contributed by atoms with Crippen molar-refractivity contribution in [2.24, 2.45) is 0 Å². The zero-order valence-corrected chi connectivity index (χ0v) is 17.4. The molecule has 28 heavy (non-hydrogen) atoms. The number of amides is 1. The number of hydrogen-bond acceptors (Lipinski definition) is 5. The Morgan fingerprint density at radius 2 is 1.89 bits per heavy atom. The number of ether oxygens (including phenoxy) is 1. The summed E-state index contributed by atoms with van der Waals surface area (Å²) < 4.78 is 5.51. The van der Waals surface area contributed by atoms with Gasteiger partial charge in [-0.2, -0.15) is 0 Å². The van der Waals surface area contributed by atoms with Crippen molar-refractivity contribution in [1.29, 1.82) is 0 Å². The van der Waals surface area contributed by atoms with Crippen LogP contribution in [0.15, 0.2) is 24.3 Å². The van der Waals surface area contributed by atoms with Crippen molar-refractivity contribution < 1.29 is 9.53 Å². The molecule has 0 spiro atoms. The number of rotatable bonds is 3. The number of piperazine rings is 1. The molecule has 1 N–H and O–H groups in total. The molecule has 150 valence electrons. The van der Waals surface area contributed by atoms with Gasteiger partial charge in [-0.25, -0.2) is 9.78 Å². The van der Waals surface area contributed by atoms with Crippen LogP contribution in [0.25, 0.3) is 10.9 Å². The Balaban J connectivity index is 1.54. The summed E-state index contributed by atoms with van der Waals surface area (Å²) in [6.07, 6.45) is 2.15. The van der Waals surface area contributed by atoms with Crippen LogP contribution in [0.1, 0.15) is 33.6 Å². The highest BCUT2D eigenvalue weighted by molar-refractivity contribution is 6.31. The highest BCUT2D eigenvalue weighted by Gasteiger charge is 2.27. The van der Waals surface area contributed by atoms with E-state index in [-0.39, 0.29) is 6.09 Å². The Bertz CT molecular complexity index is 884. The van der Waals surface area contributed by atoms with Crippen LogP contribution in [0.5, 0.6) is 0 Å². The second-order valence-corrected chi connectivity index (χ2v) is 9.00. The number of nitrogens with zero attached hydrogens (tertiary/aromatic N) is 3. The summed E-state index contributed by atoms with van der Waals surface area (Å²) in [4.78, 5) is 21.2. The van der Waals surface area contributed by atoms with Gasteiger partial charge in [-0.15, -0.1) is 0 Å². The molecule has 2 fully saturated rings. The fraction of sp³-hybridized carbons (Fsp3) is 0.524. The average molecular weight is 403 g/mol. The summed E-state index contributed by atoms with van der Waals surface area (Å²) in [7, 11) is 0. The van der Waals surface area contributed by atoms with E-state index in [0.29, 0.717) is 24.2 Å². The van der Waals surface area contributed by atoms with E-state index in [1.807, 2.05) is 39.0 Å². The van der Waals surface area contributed by atoms with Gasteiger partial charge in [0.05, 0.1) is 5.52 Å². The third-order valence-electron chi connectivity index (χ3n) is 4.95. The predicted molar refractivity (Wildman–Crippen MR) is 113 cm³/mol. The monoisotopic (exact) mass is 402 g/mol. The van der Waals surface area contributed by atoms with Gasteiger partial charge in [0.2, 0.25) is 0 Å². The van der Waals surface area contributed by atoms with Crippen LogP contribution in [0.4, 0.5) is 16.3 Å². The van der Waals surface area contributed by atoms with Gasteiger partial charge in [0.15, 0.2) is 0 Å². The van der Waals surface area contributed by atoms with E-state index in [1.165, 1.54) is 12.8 Å². The molecule has 2 heterocycles. The normalized spacial score (nSPS) is 17.7. The van der Waals surface area contributed by atoms with E-state index >= 15 is 0 Å². The molecule has 0 atom stereocenters. The topological polar surface area (TPSA) is 57.7 Å². The molecule has 1 aromatic carbocycles. The largest absolute Gasteiger partial charge is 0.444 e. The first-order valence-electron chi connectivity index (χ1n) is 9.88. The standard InChI is InChI=1S/C21H27ClN4O2/c1-21(2,3)28-20(27)26-10-8-25(9-11-26)18-13-19(23-15-5-6-15)24-17-12-14(22)4-7-16(17)18/h4,7,12-13,15H,5-6,8-11H2,1-3H3,(H,23,24). The highest BCUT2D eigenvalue weighted by Crippen LogP contribution is 2.33. The Morgan fingerprint density at radius 1 is 1.18 bits per heavy atom. The Labute approximate surface area is 170 Å². The minimum atomic E-state index is -0.474. The highest BCUT2D eigenvalue weighted by atomic mass is 35.5. The summed E-state index contributed by atoms with van der Waals surface area (Å²) in [5.74, 6) is 0.891. The van der Waals surface area contributed by atoms with Gasteiger partial charge >= 0.3 is 6.09 Å². The van der Waals surface area contributed by atoms with Crippen LogP contribution >= 0.6 is 11.6 Å². The Hall–Kier alpha value is -2.21. The molecule has 0 unspecified atom stereocenters. The minimum absolute atomic E-state index is 0.241. The third kappa shape index (κ3) is 4.43. The number of aromatic nitrogens is 1. The van der Waals surface area contributed by atoms with Crippen LogP contribution in [0, 0.1) is 0 Å². The second kappa shape index (κ2) is 7.32. The molecule has 4 rings (SSSR count). The third-order valence-corrected chi connectivity index (χ3v) is 5.19. The van der Waals surface area contributed by atoms with E-state index in [4.69, 9.17) is 21.3 Å². The summed E-state index contributed by atoms with van der Waals surface area (Å²) in [5.41, 5.74) is 1.55. The van der Waals surface area contributed by atoms with Gasteiger partial charge in [0.25, 0.3) is 0 Å². The molecule has 0 radical (unpaired) electrons.